The van der Waals surface area contributed by atoms with Gasteiger partial charge in [-0.1, -0.05) is 39.0 Å². The molecule has 1 heterocycles. The van der Waals surface area contributed by atoms with Crippen molar-refractivity contribution in [1.29, 1.82) is 0 Å². The predicted molar refractivity (Wildman–Crippen MR) is 128 cm³/mol. The summed E-state index contributed by atoms with van der Waals surface area (Å²) in [5, 5.41) is 0.954. The quantitative estimate of drug-likeness (QED) is 0.558. The topological polar surface area (TPSA) is 79.2 Å². The highest BCUT2D eigenvalue weighted by atomic mass is 16.2. The second kappa shape index (κ2) is 8.81. The molecule has 0 atom stereocenters. The lowest BCUT2D eigenvalue weighted by Gasteiger charge is -2.41. The Balaban J connectivity index is 1.63. The third-order valence-corrected chi connectivity index (χ3v) is 7.04. The number of aromatic nitrogens is 1. The smallest absolute Gasteiger partial charge is 0.255 e. The Morgan fingerprint density at radius 3 is 2.31 bits per heavy atom. The maximum atomic E-state index is 13.9. The second-order valence-corrected chi connectivity index (χ2v) is 10.1. The monoisotopic (exact) mass is 431 g/mol. The summed E-state index contributed by atoms with van der Waals surface area (Å²) < 4.78 is 0. The average molecular weight is 432 g/mol. The number of fused-ring (bicyclic) bond motifs is 1. The number of aromatic amines is 1. The first-order chi connectivity index (χ1) is 15.2. The molecule has 32 heavy (non-hydrogen) atoms. The van der Waals surface area contributed by atoms with Crippen LogP contribution in [0.5, 0.6) is 0 Å². The number of nitrogens with zero attached hydrogens (tertiary/aromatic N) is 1. The molecule has 0 aliphatic heterocycles. The summed E-state index contributed by atoms with van der Waals surface area (Å²) in [4.78, 5) is 30.5. The lowest BCUT2D eigenvalue weighted by molar-refractivity contribution is 0.0532. The number of primary amides is 1. The van der Waals surface area contributed by atoms with Gasteiger partial charge in [-0.3, -0.25) is 9.59 Å². The standard InChI is InChI=1S/C27H33N3O2/c1-27(2,3)20-11-13-21(14-12-20)30(17-18-7-9-19(10-8-18)25(28)31)26(32)23-5-4-6-24-22(23)15-16-29-24/h4-10,15-16,20-21,29H,11-14,17H2,1-3H3,(H2,28,31). The van der Waals surface area contributed by atoms with Gasteiger partial charge in [-0.25, -0.2) is 0 Å². The minimum absolute atomic E-state index is 0.0633. The van der Waals surface area contributed by atoms with Crippen LogP contribution in [-0.4, -0.2) is 27.7 Å². The normalized spacial score (nSPS) is 19.1. The van der Waals surface area contributed by atoms with Gasteiger partial charge in [-0.2, -0.15) is 0 Å². The van der Waals surface area contributed by atoms with Gasteiger partial charge in [0.15, 0.2) is 0 Å². The first kappa shape index (κ1) is 22.1. The van der Waals surface area contributed by atoms with Crippen LogP contribution in [0.1, 0.15) is 72.7 Å². The highest BCUT2D eigenvalue weighted by Gasteiger charge is 2.34. The number of nitrogens with one attached hydrogen (secondary N) is 1. The molecule has 1 aliphatic carbocycles. The van der Waals surface area contributed by atoms with Gasteiger partial charge in [-0.05, 0) is 72.9 Å². The van der Waals surface area contributed by atoms with E-state index in [1.807, 2.05) is 47.5 Å². The van der Waals surface area contributed by atoms with E-state index in [2.05, 4.69) is 25.8 Å². The van der Waals surface area contributed by atoms with E-state index in [0.717, 1.165) is 47.7 Å². The molecule has 5 nitrogen and oxygen atoms in total. The SMILES string of the molecule is CC(C)(C)C1CCC(N(Cc2ccc(C(N)=O)cc2)C(=O)c2cccc3[nH]ccc23)CC1. The van der Waals surface area contributed by atoms with E-state index >= 15 is 0 Å². The molecule has 5 heteroatoms. The minimum Gasteiger partial charge on any atom is -0.366 e. The summed E-state index contributed by atoms with van der Waals surface area (Å²) in [6.07, 6.45) is 6.16. The van der Waals surface area contributed by atoms with Crippen molar-refractivity contribution in [2.75, 3.05) is 0 Å². The third kappa shape index (κ3) is 4.57. The number of carbonyl (C=O) groups excluding carboxylic acids is 2. The van der Waals surface area contributed by atoms with Crippen molar-refractivity contribution in [1.82, 2.24) is 9.88 Å². The van der Waals surface area contributed by atoms with Crippen LogP contribution < -0.4 is 5.73 Å². The van der Waals surface area contributed by atoms with Crippen LogP contribution in [0.3, 0.4) is 0 Å². The first-order valence-corrected chi connectivity index (χ1v) is 11.5. The summed E-state index contributed by atoms with van der Waals surface area (Å²) >= 11 is 0. The number of nitrogens with two attached hydrogens (primary N) is 1. The molecule has 0 bridgehead atoms. The van der Waals surface area contributed by atoms with Crippen molar-refractivity contribution in [3.63, 3.8) is 0 Å². The molecule has 1 fully saturated rings. The molecule has 4 rings (SSSR count). The largest absolute Gasteiger partial charge is 0.366 e. The number of amides is 2. The van der Waals surface area contributed by atoms with E-state index in [1.54, 1.807) is 12.1 Å². The first-order valence-electron chi connectivity index (χ1n) is 11.5. The van der Waals surface area contributed by atoms with Gasteiger partial charge in [0, 0.05) is 40.8 Å². The summed E-state index contributed by atoms with van der Waals surface area (Å²) in [5.74, 6) is 0.302. The lowest BCUT2D eigenvalue weighted by atomic mass is 9.71. The van der Waals surface area contributed by atoms with Crippen LogP contribution >= 0.6 is 0 Å². The maximum absolute atomic E-state index is 13.9. The lowest BCUT2D eigenvalue weighted by Crippen LogP contribution is -2.43. The molecule has 3 aromatic rings. The van der Waals surface area contributed by atoms with Gasteiger partial charge >= 0.3 is 0 Å². The van der Waals surface area contributed by atoms with Crippen molar-refractivity contribution in [2.24, 2.45) is 17.1 Å². The maximum Gasteiger partial charge on any atom is 0.255 e. The fourth-order valence-electron chi connectivity index (χ4n) is 5.02. The molecule has 1 aliphatic rings. The molecule has 2 amide bonds. The molecule has 1 aromatic heterocycles. The van der Waals surface area contributed by atoms with Crippen molar-refractivity contribution in [3.8, 4) is 0 Å². The van der Waals surface area contributed by atoms with Gasteiger partial charge in [0.05, 0.1) is 0 Å². The van der Waals surface area contributed by atoms with E-state index in [-0.39, 0.29) is 11.9 Å². The Bertz CT molecular complexity index is 1100. The highest BCUT2D eigenvalue weighted by Crippen LogP contribution is 2.39. The number of hydrogen-bond acceptors (Lipinski definition) is 2. The van der Waals surface area contributed by atoms with E-state index in [0.29, 0.717) is 23.4 Å². The summed E-state index contributed by atoms with van der Waals surface area (Å²) in [7, 11) is 0. The summed E-state index contributed by atoms with van der Waals surface area (Å²) in [6.45, 7) is 7.46. The van der Waals surface area contributed by atoms with E-state index in [4.69, 9.17) is 5.73 Å². The molecule has 0 radical (unpaired) electrons. The number of benzene rings is 2. The average Bonchev–Trinajstić information content (AvgIpc) is 3.26. The molecule has 3 N–H and O–H groups in total. The molecular weight excluding hydrogens is 398 g/mol. The molecule has 168 valence electrons. The number of hydrogen-bond donors (Lipinski definition) is 2. The van der Waals surface area contributed by atoms with Gasteiger partial charge in [0.25, 0.3) is 5.91 Å². The summed E-state index contributed by atoms with van der Waals surface area (Å²) in [5.41, 5.74) is 8.87. The zero-order valence-corrected chi connectivity index (χ0v) is 19.2. The van der Waals surface area contributed by atoms with Crippen LogP contribution in [0.2, 0.25) is 0 Å². The van der Waals surface area contributed by atoms with Crippen molar-refractivity contribution in [2.45, 2.75) is 59.0 Å². The van der Waals surface area contributed by atoms with Gasteiger partial charge in [0.2, 0.25) is 5.91 Å². The van der Waals surface area contributed by atoms with Crippen LogP contribution in [0, 0.1) is 11.3 Å². The fourth-order valence-corrected chi connectivity index (χ4v) is 5.02. The van der Waals surface area contributed by atoms with Crippen molar-refractivity contribution in [3.05, 3.63) is 71.4 Å². The van der Waals surface area contributed by atoms with E-state index in [1.165, 1.54) is 0 Å². The number of rotatable bonds is 5. The molecule has 2 aromatic carbocycles. The fraction of sp³-hybridized carbons (Fsp3) is 0.407. The van der Waals surface area contributed by atoms with Crippen LogP contribution in [0.15, 0.2) is 54.7 Å². The molecule has 0 unspecified atom stereocenters. The molecule has 0 saturated heterocycles. The molecular formula is C27H33N3O2. The number of H-pyrrole nitrogens is 1. The van der Waals surface area contributed by atoms with Gasteiger partial charge in [-0.15, -0.1) is 0 Å². The Hall–Kier alpha value is -3.08. The highest BCUT2D eigenvalue weighted by molar-refractivity contribution is 6.06. The Morgan fingerprint density at radius 2 is 1.69 bits per heavy atom. The van der Waals surface area contributed by atoms with E-state index < -0.39 is 5.91 Å². The van der Waals surface area contributed by atoms with Crippen LogP contribution in [0.4, 0.5) is 0 Å². The molecule has 0 spiro atoms. The summed E-state index contributed by atoms with van der Waals surface area (Å²) in [6, 6.07) is 15.3. The zero-order valence-electron chi connectivity index (χ0n) is 19.2. The van der Waals surface area contributed by atoms with Gasteiger partial charge < -0.3 is 15.6 Å². The van der Waals surface area contributed by atoms with Crippen LogP contribution in [-0.2, 0) is 6.54 Å². The number of carbonyl (C=O) groups is 2. The van der Waals surface area contributed by atoms with Crippen molar-refractivity contribution >= 4 is 22.7 Å². The Morgan fingerprint density at radius 1 is 1.00 bits per heavy atom. The van der Waals surface area contributed by atoms with Crippen LogP contribution in [0.25, 0.3) is 10.9 Å². The molecule has 1 saturated carbocycles. The Labute approximate surface area is 190 Å². The minimum atomic E-state index is -0.441. The second-order valence-electron chi connectivity index (χ2n) is 10.1. The third-order valence-electron chi connectivity index (χ3n) is 7.04. The van der Waals surface area contributed by atoms with Crippen molar-refractivity contribution < 1.29 is 9.59 Å². The van der Waals surface area contributed by atoms with Gasteiger partial charge in [0.1, 0.15) is 0 Å². The Kier molecular flexibility index (Phi) is 6.09. The zero-order chi connectivity index (χ0) is 22.9. The predicted octanol–water partition coefficient (Wildman–Crippen LogP) is 5.51. The van der Waals surface area contributed by atoms with E-state index in [9.17, 15) is 9.59 Å².